The molecule has 0 bridgehead atoms. The lowest BCUT2D eigenvalue weighted by Gasteiger charge is -2.29. The molecule has 0 aliphatic carbocycles. The first-order chi connectivity index (χ1) is 14.0. The predicted molar refractivity (Wildman–Crippen MR) is 108 cm³/mol. The van der Waals surface area contributed by atoms with Crippen LogP contribution in [0.1, 0.15) is 36.2 Å². The zero-order valence-corrected chi connectivity index (χ0v) is 16.8. The van der Waals surface area contributed by atoms with Gasteiger partial charge in [-0.1, -0.05) is 6.07 Å². The highest BCUT2D eigenvalue weighted by molar-refractivity contribution is 5.90. The van der Waals surface area contributed by atoms with E-state index in [1.54, 1.807) is 6.20 Å². The highest BCUT2D eigenvalue weighted by Gasteiger charge is 2.27. The van der Waals surface area contributed by atoms with Crippen molar-refractivity contribution in [3.05, 3.63) is 53.9 Å². The Hall–Kier alpha value is -3.13. The fourth-order valence-corrected chi connectivity index (χ4v) is 3.47. The number of hydrogen-bond acceptors (Lipinski definition) is 5. The molecule has 152 valence electrons. The zero-order chi connectivity index (χ0) is 20.4. The Balaban J connectivity index is 1.38. The number of carbonyl (C=O) groups excluding carboxylic acids is 1. The van der Waals surface area contributed by atoms with Gasteiger partial charge < -0.3 is 24.4 Å². The number of amides is 2. The molecule has 2 unspecified atom stereocenters. The van der Waals surface area contributed by atoms with Crippen molar-refractivity contribution < 1.29 is 13.9 Å². The Bertz CT molecular complexity index is 990. The molecule has 0 saturated carbocycles. The predicted octanol–water partition coefficient (Wildman–Crippen LogP) is 3.73. The number of aromatic nitrogens is 3. The maximum Gasteiger partial charge on any atom is 0.319 e. The molecule has 4 rings (SSSR count). The summed E-state index contributed by atoms with van der Waals surface area (Å²) in [5.41, 5.74) is 2.36. The molecular formula is C21H25N5O3. The lowest BCUT2D eigenvalue weighted by molar-refractivity contribution is -0.00410. The van der Waals surface area contributed by atoms with E-state index >= 15 is 0 Å². The van der Waals surface area contributed by atoms with Crippen LogP contribution >= 0.6 is 0 Å². The summed E-state index contributed by atoms with van der Waals surface area (Å²) in [6.45, 7) is 4.37. The molecule has 2 aromatic heterocycles. The van der Waals surface area contributed by atoms with Crippen LogP contribution in [0.25, 0.3) is 11.5 Å². The summed E-state index contributed by atoms with van der Waals surface area (Å²) in [4.78, 5) is 21.3. The van der Waals surface area contributed by atoms with Gasteiger partial charge in [0.25, 0.3) is 0 Å². The molecule has 2 amide bonds. The van der Waals surface area contributed by atoms with Gasteiger partial charge in [0, 0.05) is 49.8 Å². The van der Waals surface area contributed by atoms with E-state index in [-0.39, 0.29) is 18.2 Å². The average Bonchev–Trinajstić information content (AvgIpc) is 3.27. The van der Waals surface area contributed by atoms with Crippen LogP contribution < -0.4 is 10.6 Å². The van der Waals surface area contributed by atoms with Gasteiger partial charge in [-0.2, -0.15) is 0 Å². The van der Waals surface area contributed by atoms with Crippen LogP contribution in [0.3, 0.4) is 0 Å². The van der Waals surface area contributed by atoms with Crippen LogP contribution in [0, 0.1) is 13.8 Å². The Morgan fingerprint density at radius 1 is 1.31 bits per heavy atom. The minimum Gasteiger partial charge on any atom is -0.441 e. The van der Waals surface area contributed by atoms with Crippen molar-refractivity contribution in [2.75, 3.05) is 11.9 Å². The van der Waals surface area contributed by atoms with E-state index in [0.29, 0.717) is 24.6 Å². The van der Waals surface area contributed by atoms with E-state index in [2.05, 4.69) is 20.6 Å². The summed E-state index contributed by atoms with van der Waals surface area (Å²) in [7, 11) is 1.94. The molecular weight excluding hydrogens is 370 g/mol. The third-order valence-corrected chi connectivity index (χ3v) is 5.16. The molecule has 29 heavy (non-hydrogen) atoms. The van der Waals surface area contributed by atoms with Crippen LogP contribution in [0.15, 0.2) is 41.1 Å². The molecule has 2 atom stereocenters. The topological polar surface area (TPSA) is 94.2 Å². The summed E-state index contributed by atoms with van der Waals surface area (Å²) in [6, 6.07) is 7.24. The second kappa shape index (κ2) is 8.08. The second-order valence-corrected chi connectivity index (χ2v) is 7.32. The number of imidazole rings is 1. The molecule has 1 fully saturated rings. The lowest BCUT2D eigenvalue weighted by atomic mass is 10.0. The van der Waals surface area contributed by atoms with Crippen molar-refractivity contribution in [2.45, 2.75) is 38.8 Å². The number of anilines is 1. The third-order valence-electron chi connectivity index (χ3n) is 5.16. The molecule has 1 aliphatic rings. The summed E-state index contributed by atoms with van der Waals surface area (Å²) < 4.78 is 13.5. The minimum atomic E-state index is -0.243. The SMILES string of the molecule is Cc1nc(-c2cccc(NC(=O)NC3CCOC(c4nccn4C)C3)c2)oc1C. The maximum atomic E-state index is 12.5. The fraction of sp³-hybridized carbons (Fsp3) is 0.381. The van der Waals surface area contributed by atoms with E-state index in [1.807, 2.05) is 55.9 Å². The number of aryl methyl sites for hydroxylation is 3. The molecule has 3 heterocycles. The van der Waals surface area contributed by atoms with E-state index in [9.17, 15) is 4.79 Å². The molecule has 8 heteroatoms. The first-order valence-corrected chi connectivity index (χ1v) is 9.70. The highest BCUT2D eigenvalue weighted by atomic mass is 16.5. The highest BCUT2D eigenvalue weighted by Crippen LogP contribution is 2.27. The summed E-state index contributed by atoms with van der Waals surface area (Å²) in [5, 5.41) is 5.95. The van der Waals surface area contributed by atoms with Crippen molar-refractivity contribution in [1.82, 2.24) is 19.9 Å². The van der Waals surface area contributed by atoms with E-state index in [4.69, 9.17) is 9.15 Å². The monoisotopic (exact) mass is 395 g/mol. The quantitative estimate of drug-likeness (QED) is 0.702. The van der Waals surface area contributed by atoms with E-state index < -0.39 is 0 Å². The van der Waals surface area contributed by atoms with Crippen LogP contribution in [0.5, 0.6) is 0 Å². The first-order valence-electron chi connectivity index (χ1n) is 9.70. The third kappa shape index (κ3) is 4.32. The molecule has 1 aromatic carbocycles. The van der Waals surface area contributed by atoms with Gasteiger partial charge in [-0.25, -0.2) is 14.8 Å². The molecule has 1 aliphatic heterocycles. The zero-order valence-electron chi connectivity index (χ0n) is 16.8. The molecule has 3 aromatic rings. The van der Waals surface area contributed by atoms with E-state index in [1.165, 1.54) is 0 Å². The van der Waals surface area contributed by atoms with Crippen LogP contribution in [-0.2, 0) is 11.8 Å². The summed E-state index contributed by atoms with van der Waals surface area (Å²) in [6.07, 6.45) is 4.99. The van der Waals surface area contributed by atoms with Crippen LogP contribution in [0.2, 0.25) is 0 Å². The van der Waals surface area contributed by atoms with Crippen molar-refractivity contribution in [3.63, 3.8) is 0 Å². The number of nitrogens with zero attached hydrogens (tertiary/aromatic N) is 3. The van der Waals surface area contributed by atoms with Gasteiger partial charge >= 0.3 is 6.03 Å². The standard InChI is InChI=1S/C21H25N5O3/c1-13-14(2)29-20(23-13)15-5-4-6-16(11-15)24-21(27)25-17-7-10-28-18(12-17)19-22-8-9-26(19)3/h4-6,8-9,11,17-18H,7,10,12H2,1-3H3,(H2,24,25,27). The number of benzene rings is 1. The largest absolute Gasteiger partial charge is 0.441 e. The van der Waals surface area contributed by atoms with Gasteiger partial charge in [0.15, 0.2) is 0 Å². The lowest BCUT2D eigenvalue weighted by Crippen LogP contribution is -2.42. The molecule has 0 spiro atoms. The van der Waals surface area contributed by atoms with Gasteiger partial charge in [-0.15, -0.1) is 0 Å². The van der Waals surface area contributed by atoms with Gasteiger partial charge in [0.1, 0.15) is 17.7 Å². The number of ether oxygens (including phenoxy) is 1. The average molecular weight is 395 g/mol. The Morgan fingerprint density at radius 2 is 2.17 bits per heavy atom. The van der Waals surface area contributed by atoms with Gasteiger partial charge in [-0.3, -0.25) is 0 Å². The number of oxazole rings is 1. The number of carbonyl (C=O) groups is 1. The van der Waals surface area contributed by atoms with Crippen LogP contribution in [-0.4, -0.2) is 33.2 Å². The fourth-order valence-electron chi connectivity index (χ4n) is 3.47. The van der Waals surface area contributed by atoms with Crippen LogP contribution in [0.4, 0.5) is 10.5 Å². The van der Waals surface area contributed by atoms with Crippen molar-refractivity contribution in [3.8, 4) is 11.5 Å². The van der Waals surface area contributed by atoms with Crippen molar-refractivity contribution in [2.24, 2.45) is 7.05 Å². The normalized spacial score (nSPS) is 19.1. The van der Waals surface area contributed by atoms with E-state index in [0.717, 1.165) is 29.3 Å². The Kier molecular flexibility index (Phi) is 5.35. The van der Waals surface area contributed by atoms with Crippen molar-refractivity contribution >= 4 is 11.7 Å². The first kappa shape index (κ1) is 19.2. The number of hydrogen-bond donors (Lipinski definition) is 2. The van der Waals surface area contributed by atoms with Gasteiger partial charge in [0.2, 0.25) is 5.89 Å². The van der Waals surface area contributed by atoms with Crippen molar-refractivity contribution in [1.29, 1.82) is 0 Å². The number of urea groups is 1. The molecule has 8 nitrogen and oxygen atoms in total. The molecule has 1 saturated heterocycles. The van der Waals surface area contributed by atoms with Gasteiger partial charge in [-0.05, 0) is 38.5 Å². The molecule has 2 N–H and O–H groups in total. The summed E-state index contributed by atoms with van der Waals surface area (Å²) >= 11 is 0. The second-order valence-electron chi connectivity index (χ2n) is 7.32. The Morgan fingerprint density at radius 3 is 2.90 bits per heavy atom. The van der Waals surface area contributed by atoms with Gasteiger partial charge in [0.05, 0.1) is 5.69 Å². The smallest absolute Gasteiger partial charge is 0.319 e. The Labute approximate surface area is 169 Å². The minimum absolute atomic E-state index is 0.0191. The maximum absolute atomic E-state index is 12.5. The number of nitrogens with one attached hydrogen (secondary N) is 2. The molecule has 0 radical (unpaired) electrons. The number of rotatable bonds is 4. The summed E-state index contributed by atoms with van der Waals surface area (Å²) in [5.74, 6) is 2.21.